The van der Waals surface area contributed by atoms with Gasteiger partial charge < -0.3 is 24.8 Å². The van der Waals surface area contributed by atoms with Crippen molar-refractivity contribution >= 4 is 0 Å². The van der Waals surface area contributed by atoms with E-state index in [1.165, 1.54) is 31.5 Å². The number of nitrogens with one attached hydrogen (secondary N) is 1. The fraction of sp³-hybridized carbons (Fsp3) is 0.600. The number of rotatable bonds is 5. The molecule has 0 unspecified atom stereocenters. The minimum Gasteiger partial charge on any atom is -0.493 e. The number of hydrogen-bond donors (Lipinski definition) is 2. The first kappa shape index (κ1) is 14.9. The Kier molecular flexibility index (Phi) is 5.09. The molecule has 1 aromatic rings. The van der Waals surface area contributed by atoms with Gasteiger partial charge in [0.25, 0.3) is 0 Å². The van der Waals surface area contributed by atoms with E-state index in [1.54, 1.807) is 26.2 Å². The quantitative estimate of drug-likeness (QED) is 0.765. The van der Waals surface area contributed by atoms with E-state index in [-0.39, 0.29) is 0 Å². The summed E-state index contributed by atoms with van der Waals surface area (Å²) in [6.07, 6.45) is 2.42. The van der Waals surface area contributed by atoms with Crippen LogP contribution >= 0.6 is 0 Å². The van der Waals surface area contributed by atoms with Crippen molar-refractivity contribution in [3.05, 3.63) is 17.7 Å². The Morgan fingerprint density at radius 3 is 2.05 bits per heavy atom. The summed E-state index contributed by atoms with van der Waals surface area (Å²) < 4.78 is 16.2. The summed E-state index contributed by atoms with van der Waals surface area (Å²) in [5.74, 6) is 2.12. The largest absolute Gasteiger partial charge is 0.493 e. The standard InChI is InChI=1S/C15H24N2O3/c1-18-13-8-11(9-14(19-2)15(13)20-3)10-17-6-4-12(16)5-7-17/h8-9,12H,4-7,10,16H2,1-3H3/p+2. The van der Waals surface area contributed by atoms with Gasteiger partial charge in [0.1, 0.15) is 6.54 Å². The van der Waals surface area contributed by atoms with Crippen LogP contribution < -0.4 is 24.8 Å². The summed E-state index contributed by atoms with van der Waals surface area (Å²) in [6.45, 7) is 3.36. The number of piperidine rings is 1. The van der Waals surface area contributed by atoms with Gasteiger partial charge in [-0.3, -0.25) is 0 Å². The molecule has 2 rings (SSSR count). The molecular weight excluding hydrogens is 256 g/mol. The van der Waals surface area contributed by atoms with Crippen molar-refractivity contribution in [1.82, 2.24) is 0 Å². The zero-order chi connectivity index (χ0) is 14.5. The minimum atomic E-state index is 0.624. The lowest BCUT2D eigenvalue weighted by Gasteiger charge is -2.26. The lowest BCUT2D eigenvalue weighted by molar-refractivity contribution is -0.922. The van der Waals surface area contributed by atoms with Gasteiger partial charge >= 0.3 is 0 Å². The zero-order valence-corrected chi connectivity index (χ0v) is 12.7. The Hall–Kier alpha value is -1.46. The molecule has 4 N–H and O–H groups in total. The maximum Gasteiger partial charge on any atom is 0.203 e. The Bertz CT molecular complexity index is 418. The van der Waals surface area contributed by atoms with Crippen LogP contribution in [0.3, 0.4) is 0 Å². The second-order valence-corrected chi connectivity index (χ2v) is 5.40. The molecule has 1 fully saturated rings. The number of hydrogen-bond acceptors (Lipinski definition) is 3. The van der Waals surface area contributed by atoms with Crippen LogP contribution in [0.5, 0.6) is 17.2 Å². The SMILES string of the molecule is COc1cc(C[NH+]2CCC([NH3+])CC2)cc(OC)c1OC. The first-order chi connectivity index (χ1) is 9.67. The smallest absolute Gasteiger partial charge is 0.203 e. The van der Waals surface area contributed by atoms with Crippen molar-refractivity contribution < 1.29 is 24.8 Å². The van der Waals surface area contributed by atoms with Gasteiger partial charge in [0.05, 0.1) is 40.5 Å². The van der Waals surface area contributed by atoms with E-state index < -0.39 is 0 Å². The molecule has 20 heavy (non-hydrogen) atoms. The van der Waals surface area contributed by atoms with E-state index in [0.717, 1.165) is 18.0 Å². The number of quaternary nitrogens is 2. The van der Waals surface area contributed by atoms with Crippen LogP contribution in [0.15, 0.2) is 12.1 Å². The normalized spacial score (nSPS) is 22.4. The third kappa shape index (κ3) is 3.35. The highest BCUT2D eigenvalue weighted by Gasteiger charge is 2.22. The number of likely N-dealkylation sites (tertiary alicyclic amines) is 1. The van der Waals surface area contributed by atoms with Gasteiger partial charge in [-0.1, -0.05) is 0 Å². The van der Waals surface area contributed by atoms with Crippen molar-refractivity contribution in [3.63, 3.8) is 0 Å². The second kappa shape index (κ2) is 6.81. The summed E-state index contributed by atoms with van der Waals surface area (Å²) in [7, 11) is 4.94. The van der Waals surface area contributed by atoms with Crippen molar-refractivity contribution in [2.24, 2.45) is 0 Å². The molecule has 0 aromatic heterocycles. The zero-order valence-electron chi connectivity index (χ0n) is 12.7. The maximum atomic E-state index is 5.40. The Balaban J connectivity index is 2.15. The molecule has 0 bridgehead atoms. The van der Waals surface area contributed by atoms with E-state index in [0.29, 0.717) is 11.8 Å². The molecule has 1 heterocycles. The van der Waals surface area contributed by atoms with Crippen molar-refractivity contribution in [3.8, 4) is 17.2 Å². The number of methoxy groups -OCH3 is 3. The Morgan fingerprint density at radius 2 is 1.60 bits per heavy atom. The molecule has 5 heteroatoms. The summed E-state index contributed by atoms with van der Waals surface area (Å²) in [5, 5.41) is 0. The van der Waals surface area contributed by atoms with Gasteiger partial charge in [0, 0.05) is 18.4 Å². The van der Waals surface area contributed by atoms with Gasteiger partial charge in [0.2, 0.25) is 5.75 Å². The van der Waals surface area contributed by atoms with Gasteiger partial charge in [0.15, 0.2) is 11.5 Å². The van der Waals surface area contributed by atoms with Crippen molar-refractivity contribution in [2.75, 3.05) is 34.4 Å². The second-order valence-electron chi connectivity index (χ2n) is 5.40. The van der Waals surface area contributed by atoms with Gasteiger partial charge in [-0.15, -0.1) is 0 Å². The molecular formula is C15H26N2O3+2. The number of ether oxygens (including phenoxy) is 3. The predicted octanol–water partition coefficient (Wildman–Crippen LogP) is -0.498. The van der Waals surface area contributed by atoms with Crippen LogP contribution in [0, 0.1) is 0 Å². The summed E-state index contributed by atoms with van der Waals surface area (Å²) in [5.41, 5.74) is 5.37. The summed E-state index contributed by atoms with van der Waals surface area (Å²) >= 11 is 0. The van der Waals surface area contributed by atoms with Gasteiger partial charge in [-0.05, 0) is 12.1 Å². The molecule has 0 atom stereocenters. The average Bonchev–Trinajstić information content (AvgIpc) is 2.48. The molecule has 0 radical (unpaired) electrons. The third-order valence-electron chi connectivity index (χ3n) is 3.99. The molecule has 0 aliphatic carbocycles. The maximum absolute atomic E-state index is 5.40. The fourth-order valence-corrected chi connectivity index (χ4v) is 2.79. The summed E-state index contributed by atoms with van der Waals surface area (Å²) in [4.78, 5) is 1.60. The topological polar surface area (TPSA) is 59.8 Å². The average molecular weight is 282 g/mol. The summed E-state index contributed by atoms with van der Waals surface area (Å²) in [6, 6.07) is 4.72. The molecule has 1 saturated heterocycles. The van der Waals surface area contributed by atoms with Crippen LogP contribution in [-0.2, 0) is 6.54 Å². The molecule has 1 aromatic carbocycles. The van der Waals surface area contributed by atoms with Crippen LogP contribution in [0.2, 0.25) is 0 Å². The van der Waals surface area contributed by atoms with E-state index in [4.69, 9.17) is 14.2 Å². The first-order valence-corrected chi connectivity index (χ1v) is 7.13. The van der Waals surface area contributed by atoms with Gasteiger partial charge in [-0.25, -0.2) is 0 Å². The Morgan fingerprint density at radius 1 is 1.05 bits per heavy atom. The van der Waals surface area contributed by atoms with Crippen LogP contribution in [-0.4, -0.2) is 40.5 Å². The highest BCUT2D eigenvalue weighted by molar-refractivity contribution is 5.53. The van der Waals surface area contributed by atoms with Crippen molar-refractivity contribution in [2.45, 2.75) is 25.4 Å². The minimum absolute atomic E-state index is 0.624. The molecule has 0 spiro atoms. The highest BCUT2D eigenvalue weighted by Crippen LogP contribution is 2.37. The van der Waals surface area contributed by atoms with E-state index in [1.807, 2.05) is 12.1 Å². The highest BCUT2D eigenvalue weighted by atomic mass is 16.5. The first-order valence-electron chi connectivity index (χ1n) is 7.13. The lowest BCUT2D eigenvalue weighted by Crippen LogP contribution is -3.12. The van der Waals surface area contributed by atoms with E-state index in [9.17, 15) is 0 Å². The van der Waals surface area contributed by atoms with E-state index in [2.05, 4.69) is 5.73 Å². The van der Waals surface area contributed by atoms with Gasteiger partial charge in [-0.2, -0.15) is 0 Å². The predicted molar refractivity (Wildman–Crippen MR) is 76.4 cm³/mol. The van der Waals surface area contributed by atoms with Crippen LogP contribution in [0.4, 0.5) is 0 Å². The van der Waals surface area contributed by atoms with Crippen LogP contribution in [0.25, 0.3) is 0 Å². The molecule has 112 valence electrons. The Labute approximate surface area is 120 Å². The third-order valence-corrected chi connectivity index (χ3v) is 3.99. The van der Waals surface area contributed by atoms with Crippen LogP contribution in [0.1, 0.15) is 18.4 Å². The molecule has 5 nitrogen and oxygen atoms in total. The number of benzene rings is 1. The molecule has 0 saturated carbocycles. The van der Waals surface area contributed by atoms with Crippen molar-refractivity contribution in [1.29, 1.82) is 0 Å². The molecule has 0 amide bonds. The van der Waals surface area contributed by atoms with E-state index >= 15 is 0 Å². The lowest BCUT2D eigenvalue weighted by atomic mass is 10.0. The fourth-order valence-electron chi connectivity index (χ4n) is 2.79. The molecule has 1 aliphatic heterocycles. The monoisotopic (exact) mass is 282 g/mol. The molecule has 1 aliphatic rings.